The number of aryl methyl sites for hydroxylation is 1. The standard InChI is InChI=1S/C17H24N2O2/c1-12-7-5-6-8-13(12)14(18-4)11-19-15(20)9-17(2,3)10-16(19)21/h5-8,14,18H,9-11H2,1-4H3. The third-order valence-corrected chi connectivity index (χ3v) is 4.14. The minimum atomic E-state index is -0.220. The van der Waals surface area contributed by atoms with Gasteiger partial charge in [-0.25, -0.2) is 0 Å². The van der Waals surface area contributed by atoms with Crippen LogP contribution in [0, 0.1) is 12.3 Å². The SMILES string of the molecule is CNC(CN1C(=O)CC(C)(C)CC1=O)c1ccccc1C. The molecule has 1 unspecified atom stereocenters. The predicted octanol–water partition coefficient (Wildman–Crippen LogP) is 2.43. The number of likely N-dealkylation sites (tertiary alicyclic amines) is 1. The number of hydrogen-bond acceptors (Lipinski definition) is 3. The molecule has 114 valence electrons. The molecule has 21 heavy (non-hydrogen) atoms. The highest BCUT2D eigenvalue weighted by Gasteiger charge is 2.38. The van der Waals surface area contributed by atoms with Crippen LogP contribution in [0.5, 0.6) is 0 Å². The number of amides is 2. The largest absolute Gasteiger partial charge is 0.312 e. The summed E-state index contributed by atoms with van der Waals surface area (Å²) in [7, 11) is 1.86. The fourth-order valence-corrected chi connectivity index (χ4v) is 2.92. The summed E-state index contributed by atoms with van der Waals surface area (Å²) in [5.41, 5.74) is 2.07. The molecule has 0 radical (unpaired) electrons. The fourth-order valence-electron chi connectivity index (χ4n) is 2.92. The lowest BCUT2D eigenvalue weighted by Crippen LogP contribution is -2.49. The first-order valence-corrected chi connectivity index (χ1v) is 7.40. The zero-order valence-corrected chi connectivity index (χ0v) is 13.3. The molecule has 1 atom stereocenters. The van der Waals surface area contributed by atoms with Gasteiger partial charge in [-0.15, -0.1) is 0 Å². The van der Waals surface area contributed by atoms with Crippen LogP contribution < -0.4 is 5.32 Å². The van der Waals surface area contributed by atoms with Crippen LogP contribution in [0.25, 0.3) is 0 Å². The number of nitrogens with zero attached hydrogens (tertiary/aromatic N) is 1. The summed E-state index contributed by atoms with van der Waals surface area (Å²) < 4.78 is 0. The second-order valence-corrected chi connectivity index (χ2v) is 6.61. The Bertz CT molecular complexity index is 531. The van der Waals surface area contributed by atoms with Gasteiger partial charge < -0.3 is 5.32 Å². The van der Waals surface area contributed by atoms with Crippen LogP contribution in [0.1, 0.15) is 43.9 Å². The summed E-state index contributed by atoms with van der Waals surface area (Å²) in [5, 5.41) is 3.22. The van der Waals surface area contributed by atoms with Crippen LogP contribution in [0.3, 0.4) is 0 Å². The Morgan fingerprint density at radius 3 is 2.29 bits per heavy atom. The molecule has 1 N–H and O–H groups in total. The van der Waals surface area contributed by atoms with Crippen LogP contribution in [0.2, 0.25) is 0 Å². The van der Waals surface area contributed by atoms with Gasteiger partial charge in [-0.3, -0.25) is 14.5 Å². The first-order chi connectivity index (χ1) is 9.84. The second kappa shape index (κ2) is 5.98. The van der Waals surface area contributed by atoms with Crippen LogP contribution >= 0.6 is 0 Å². The van der Waals surface area contributed by atoms with E-state index in [4.69, 9.17) is 0 Å². The summed E-state index contributed by atoms with van der Waals surface area (Å²) in [6, 6.07) is 8.03. The third kappa shape index (κ3) is 3.50. The highest BCUT2D eigenvalue weighted by Crippen LogP contribution is 2.32. The monoisotopic (exact) mass is 288 g/mol. The maximum Gasteiger partial charge on any atom is 0.229 e. The van der Waals surface area contributed by atoms with Gasteiger partial charge in [-0.1, -0.05) is 38.1 Å². The zero-order valence-electron chi connectivity index (χ0n) is 13.3. The van der Waals surface area contributed by atoms with Crippen molar-refractivity contribution in [1.82, 2.24) is 10.2 Å². The lowest BCUT2D eigenvalue weighted by atomic mass is 9.81. The molecular weight excluding hydrogens is 264 g/mol. The molecule has 1 fully saturated rings. The Hall–Kier alpha value is -1.68. The molecule has 2 rings (SSSR count). The Morgan fingerprint density at radius 1 is 1.19 bits per heavy atom. The van der Waals surface area contributed by atoms with Gasteiger partial charge in [-0.2, -0.15) is 0 Å². The number of piperidine rings is 1. The maximum atomic E-state index is 12.3. The summed E-state index contributed by atoms with van der Waals surface area (Å²) >= 11 is 0. The number of carbonyl (C=O) groups excluding carboxylic acids is 2. The number of likely N-dealkylation sites (N-methyl/N-ethyl adjacent to an activating group) is 1. The number of rotatable bonds is 4. The van der Waals surface area contributed by atoms with E-state index in [2.05, 4.69) is 5.32 Å². The normalized spacial score (nSPS) is 19.7. The zero-order chi connectivity index (χ0) is 15.6. The van der Waals surface area contributed by atoms with E-state index in [0.29, 0.717) is 19.4 Å². The third-order valence-electron chi connectivity index (χ3n) is 4.14. The molecule has 0 saturated carbocycles. The summed E-state index contributed by atoms with van der Waals surface area (Å²) in [6.45, 7) is 6.38. The van der Waals surface area contributed by atoms with Crippen molar-refractivity contribution in [2.45, 2.75) is 39.7 Å². The van der Waals surface area contributed by atoms with Crippen molar-refractivity contribution in [3.63, 3.8) is 0 Å². The average molecular weight is 288 g/mol. The van der Waals surface area contributed by atoms with Crippen molar-refractivity contribution >= 4 is 11.8 Å². The highest BCUT2D eigenvalue weighted by atomic mass is 16.2. The Kier molecular flexibility index (Phi) is 4.47. The molecule has 1 saturated heterocycles. The maximum absolute atomic E-state index is 12.3. The summed E-state index contributed by atoms with van der Waals surface area (Å²) in [6.07, 6.45) is 0.867. The van der Waals surface area contributed by atoms with Gasteiger partial charge in [0.2, 0.25) is 11.8 Å². The van der Waals surface area contributed by atoms with Gasteiger partial charge >= 0.3 is 0 Å². The van der Waals surface area contributed by atoms with E-state index in [9.17, 15) is 9.59 Å². The molecule has 1 aromatic carbocycles. The second-order valence-electron chi connectivity index (χ2n) is 6.61. The van der Waals surface area contributed by atoms with E-state index in [1.54, 1.807) is 0 Å². The van der Waals surface area contributed by atoms with Crippen molar-refractivity contribution in [2.24, 2.45) is 5.41 Å². The number of benzene rings is 1. The first kappa shape index (κ1) is 15.7. The van der Waals surface area contributed by atoms with E-state index < -0.39 is 0 Å². The van der Waals surface area contributed by atoms with E-state index >= 15 is 0 Å². The highest BCUT2D eigenvalue weighted by molar-refractivity contribution is 5.98. The lowest BCUT2D eigenvalue weighted by molar-refractivity contribution is -0.152. The minimum Gasteiger partial charge on any atom is -0.312 e. The number of imide groups is 1. The molecule has 2 amide bonds. The quantitative estimate of drug-likeness (QED) is 0.866. The van der Waals surface area contributed by atoms with Gasteiger partial charge in [0.1, 0.15) is 0 Å². The molecule has 4 heteroatoms. The number of nitrogens with one attached hydrogen (secondary N) is 1. The van der Waals surface area contributed by atoms with Crippen molar-refractivity contribution in [3.05, 3.63) is 35.4 Å². The van der Waals surface area contributed by atoms with E-state index in [0.717, 1.165) is 11.1 Å². The minimum absolute atomic E-state index is 0.0275. The van der Waals surface area contributed by atoms with E-state index in [1.807, 2.05) is 52.1 Å². The van der Waals surface area contributed by atoms with Crippen molar-refractivity contribution in [1.29, 1.82) is 0 Å². The van der Waals surface area contributed by atoms with Gasteiger partial charge in [0.05, 0.1) is 6.04 Å². The molecule has 1 aliphatic heterocycles. The molecule has 0 aromatic heterocycles. The molecule has 0 aliphatic carbocycles. The van der Waals surface area contributed by atoms with Crippen molar-refractivity contribution in [2.75, 3.05) is 13.6 Å². The molecule has 1 aromatic rings. The lowest BCUT2D eigenvalue weighted by Gasteiger charge is -2.36. The Balaban J connectivity index is 2.18. The number of hydrogen-bond donors (Lipinski definition) is 1. The molecule has 1 heterocycles. The van der Waals surface area contributed by atoms with E-state index in [1.165, 1.54) is 4.90 Å². The predicted molar refractivity (Wildman–Crippen MR) is 82.7 cm³/mol. The van der Waals surface area contributed by atoms with Gasteiger partial charge in [-0.05, 0) is 30.5 Å². The molecule has 1 aliphatic rings. The fraction of sp³-hybridized carbons (Fsp3) is 0.529. The summed E-state index contributed by atoms with van der Waals surface area (Å²) in [4.78, 5) is 25.9. The van der Waals surface area contributed by atoms with Crippen LogP contribution in [-0.4, -0.2) is 30.3 Å². The van der Waals surface area contributed by atoms with Crippen LogP contribution in [0.15, 0.2) is 24.3 Å². The van der Waals surface area contributed by atoms with Gasteiger partial charge in [0, 0.05) is 19.4 Å². The first-order valence-electron chi connectivity index (χ1n) is 7.40. The van der Waals surface area contributed by atoms with Crippen LogP contribution in [0.4, 0.5) is 0 Å². The van der Waals surface area contributed by atoms with Gasteiger partial charge in [0.25, 0.3) is 0 Å². The van der Waals surface area contributed by atoms with E-state index in [-0.39, 0.29) is 23.3 Å². The average Bonchev–Trinajstić information content (AvgIpc) is 2.38. The molecule has 0 bridgehead atoms. The Morgan fingerprint density at radius 2 is 1.76 bits per heavy atom. The van der Waals surface area contributed by atoms with Gasteiger partial charge in [0.15, 0.2) is 0 Å². The number of carbonyl (C=O) groups is 2. The topological polar surface area (TPSA) is 49.4 Å². The Labute approximate surface area is 126 Å². The summed E-state index contributed by atoms with van der Waals surface area (Å²) in [5.74, 6) is -0.129. The van der Waals surface area contributed by atoms with Crippen molar-refractivity contribution in [3.8, 4) is 0 Å². The molecular formula is C17H24N2O2. The smallest absolute Gasteiger partial charge is 0.229 e. The van der Waals surface area contributed by atoms with Crippen molar-refractivity contribution < 1.29 is 9.59 Å². The molecule has 4 nitrogen and oxygen atoms in total. The molecule has 0 spiro atoms. The van der Waals surface area contributed by atoms with Crippen LogP contribution in [-0.2, 0) is 9.59 Å².